The average Bonchev–Trinajstić information content (AvgIpc) is 3.25. The number of Topliss-reactive ketones (excluding diaryl/α,β-unsaturated/α-hetero) is 1. The molecule has 0 saturated carbocycles. The molecule has 1 saturated heterocycles. The van der Waals surface area contributed by atoms with E-state index in [2.05, 4.69) is 10.2 Å². The normalized spacial score (nSPS) is 16.5. The minimum Gasteiger partial charge on any atom is -0.461 e. The van der Waals surface area contributed by atoms with Crippen LogP contribution in [0.5, 0.6) is 0 Å². The standard InChI is InChI=1S/C18H19N3O5/c1-3-13(22)14-16(15(20-19-14)17(23)25-4-2)21-12(10-26-18(21)24)11-8-6-5-7-9-11/h5-9,12H,3-4,10H2,1-2H3,(H,19,20)/t12-/m0/s1. The first kappa shape index (κ1) is 17.7. The van der Waals surface area contributed by atoms with Crippen molar-refractivity contribution in [2.75, 3.05) is 18.1 Å². The highest BCUT2D eigenvalue weighted by atomic mass is 16.6. The van der Waals surface area contributed by atoms with Gasteiger partial charge in [-0.05, 0) is 12.5 Å². The van der Waals surface area contributed by atoms with Crippen LogP contribution in [0.3, 0.4) is 0 Å². The molecule has 0 aliphatic carbocycles. The fourth-order valence-corrected chi connectivity index (χ4v) is 2.87. The molecule has 8 nitrogen and oxygen atoms in total. The summed E-state index contributed by atoms with van der Waals surface area (Å²) >= 11 is 0. The zero-order chi connectivity index (χ0) is 18.7. The molecule has 1 atom stereocenters. The van der Waals surface area contributed by atoms with Crippen LogP contribution >= 0.6 is 0 Å². The van der Waals surface area contributed by atoms with E-state index >= 15 is 0 Å². The topological polar surface area (TPSA) is 102 Å². The molecule has 1 aromatic carbocycles. The molecule has 0 spiro atoms. The van der Waals surface area contributed by atoms with Gasteiger partial charge in [-0.3, -0.25) is 14.8 Å². The van der Waals surface area contributed by atoms with Gasteiger partial charge in [0.05, 0.1) is 12.6 Å². The second kappa shape index (κ2) is 7.38. The monoisotopic (exact) mass is 357 g/mol. The lowest BCUT2D eigenvalue weighted by Gasteiger charge is -2.22. The fraction of sp³-hybridized carbons (Fsp3) is 0.333. The van der Waals surface area contributed by atoms with Crippen molar-refractivity contribution in [3.63, 3.8) is 0 Å². The average molecular weight is 357 g/mol. The Hall–Kier alpha value is -3.16. The smallest absolute Gasteiger partial charge is 0.415 e. The lowest BCUT2D eigenvalue weighted by Crippen LogP contribution is -2.30. The van der Waals surface area contributed by atoms with E-state index in [1.54, 1.807) is 13.8 Å². The molecule has 1 aliphatic heterocycles. The number of benzene rings is 1. The quantitative estimate of drug-likeness (QED) is 0.630. The molecule has 8 heteroatoms. The van der Waals surface area contributed by atoms with Crippen LogP contribution in [0.15, 0.2) is 30.3 Å². The lowest BCUT2D eigenvalue weighted by atomic mass is 10.0. The first-order valence-electron chi connectivity index (χ1n) is 8.38. The Morgan fingerprint density at radius 2 is 2.04 bits per heavy atom. The van der Waals surface area contributed by atoms with E-state index in [1.807, 2.05) is 30.3 Å². The third-order valence-electron chi connectivity index (χ3n) is 4.10. The van der Waals surface area contributed by atoms with Crippen LogP contribution in [0.4, 0.5) is 10.5 Å². The maximum Gasteiger partial charge on any atom is 0.415 e. The van der Waals surface area contributed by atoms with Gasteiger partial charge >= 0.3 is 12.1 Å². The van der Waals surface area contributed by atoms with Crippen LogP contribution in [-0.4, -0.2) is 41.3 Å². The molecule has 1 N–H and O–H groups in total. The number of aromatic amines is 1. The third kappa shape index (κ3) is 3.05. The van der Waals surface area contributed by atoms with E-state index in [0.717, 1.165) is 5.56 Å². The molecule has 1 amide bonds. The molecule has 26 heavy (non-hydrogen) atoms. The maximum absolute atomic E-state index is 12.5. The number of aromatic nitrogens is 2. The fourth-order valence-electron chi connectivity index (χ4n) is 2.87. The van der Waals surface area contributed by atoms with Gasteiger partial charge in [-0.15, -0.1) is 0 Å². The van der Waals surface area contributed by atoms with E-state index in [1.165, 1.54) is 4.90 Å². The zero-order valence-corrected chi connectivity index (χ0v) is 14.5. The van der Waals surface area contributed by atoms with Gasteiger partial charge in [0.1, 0.15) is 12.3 Å². The molecule has 1 aliphatic rings. The molecule has 0 radical (unpaired) electrons. The Morgan fingerprint density at radius 3 is 2.69 bits per heavy atom. The largest absolute Gasteiger partial charge is 0.461 e. The number of carbonyl (C=O) groups is 3. The SMILES string of the molecule is CCOC(=O)c1[nH]nc(C(=O)CC)c1N1C(=O)OC[C@H]1c1ccccc1. The van der Waals surface area contributed by atoms with Crippen molar-refractivity contribution in [3.8, 4) is 0 Å². The highest BCUT2D eigenvalue weighted by molar-refractivity contribution is 6.09. The molecule has 1 aromatic heterocycles. The summed E-state index contributed by atoms with van der Waals surface area (Å²) in [5, 5.41) is 6.52. The Labute approximate surface area is 150 Å². The first-order valence-corrected chi connectivity index (χ1v) is 8.38. The number of carbonyl (C=O) groups excluding carboxylic acids is 3. The molecule has 136 valence electrons. The van der Waals surface area contributed by atoms with E-state index in [0.29, 0.717) is 0 Å². The van der Waals surface area contributed by atoms with Crippen molar-refractivity contribution in [2.45, 2.75) is 26.3 Å². The maximum atomic E-state index is 12.5. The number of H-pyrrole nitrogens is 1. The van der Waals surface area contributed by atoms with Gasteiger partial charge in [0.25, 0.3) is 0 Å². The molecular weight excluding hydrogens is 338 g/mol. The number of ether oxygens (including phenoxy) is 2. The summed E-state index contributed by atoms with van der Waals surface area (Å²) in [5.41, 5.74) is 0.912. The summed E-state index contributed by atoms with van der Waals surface area (Å²) in [4.78, 5) is 38.4. The molecular formula is C18H19N3O5. The van der Waals surface area contributed by atoms with Crippen LogP contribution in [-0.2, 0) is 9.47 Å². The number of anilines is 1. The van der Waals surface area contributed by atoms with E-state index in [9.17, 15) is 14.4 Å². The third-order valence-corrected chi connectivity index (χ3v) is 4.10. The van der Waals surface area contributed by atoms with E-state index in [4.69, 9.17) is 9.47 Å². The second-order valence-corrected chi connectivity index (χ2v) is 5.67. The summed E-state index contributed by atoms with van der Waals surface area (Å²) in [5.74, 6) is -0.977. The van der Waals surface area contributed by atoms with Crippen molar-refractivity contribution < 1.29 is 23.9 Å². The zero-order valence-electron chi connectivity index (χ0n) is 14.5. The first-order chi connectivity index (χ1) is 12.6. The van der Waals surface area contributed by atoms with E-state index < -0.39 is 18.1 Å². The van der Waals surface area contributed by atoms with Gasteiger partial charge in [0, 0.05) is 6.42 Å². The van der Waals surface area contributed by atoms with Gasteiger partial charge in [-0.25, -0.2) is 9.59 Å². The molecule has 0 bridgehead atoms. The summed E-state index contributed by atoms with van der Waals surface area (Å²) in [6.45, 7) is 3.61. The van der Waals surface area contributed by atoms with Crippen LogP contribution in [0.2, 0.25) is 0 Å². The predicted octanol–water partition coefficient (Wildman–Crippen LogP) is 2.88. The number of hydrogen-bond acceptors (Lipinski definition) is 6. The number of ketones is 1. The molecule has 2 aromatic rings. The van der Waals surface area contributed by atoms with E-state index in [-0.39, 0.29) is 42.5 Å². The van der Waals surface area contributed by atoms with Crippen LogP contribution in [0.25, 0.3) is 0 Å². The van der Waals surface area contributed by atoms with Crippen LogP contribution in [0, 0.1) is 0 Å². The lowest BCUT2D eigenvalue weighted by molar-refractivity contribution is 0.0520. The van der Waals surface area contributed by atoms with Crippen LogP contribution in [0.1, 0.15) is 52.9 Å². The number of rotatable bonds is 6. The number of nitrogens with zero attached hydrogens (tertiary/aromatic N) is 2. The number of esters is 1. The van der Waals surface area contributed by atoms with Gasteiger partial charge in [0.15, 0.2) is 17.2 Å². The minimum atomic E-state index is -0.684. The van der Waals surface area contributed by atoms with Gasteiger partial charge in [-0.1, -0.05) is 37.3 Å². The van der Waals surface area contributed by atoms with Crippen molar-refractivity contribution in [1.29, 1.82) is 0 Å². The Bertz CT molecular complexity index is 831. The Kier molecular flexibility index (Phi) is 5.01. The molecule has 1 fully saturated rings. The van der Waals surface area contributed by atoms with Gasteiger partial charge < -0.3 is 9.47 Å². The summed E-state index contributed by atoms with van der Waals surface area (Å²) in [7, 11) is 0. The number of amides is 1. The molecule has 2 heterocycles. The molecule has 0 unspecified atom stereocenters. The van der Waals surface area contributed by atoms with Crippen molar-refractivity contribution in [3.05, 3.63) is 47.3 Å². The summed E-state index contributed by atoms with van der Waals surface area (Å²) in [6.07, 6.45) is -0.463. The van der Waals surface area contributed by atoms with Gasteiger partial charge in [0.2, 0.25) is 0 Å². The van der Waals surface area contributed by atoms with Crippen molar-refractivity contribution in [1.82, 2.24) is 10.2 Å². The van der Waals surface area contributed by atoms with Crippen molar-refractivity contribution >= 4 is 23.5 Å². The Morgan fingerprint density at radius 1 is 1.31 bits per heavy atom. The number of nitrogens with one attached hydrogen (secondary N) is 1. The summed E-state index contributed by atoms with van der Waals surface area (Å²) in [6, 6.07) is 8.78. The number of hydrogen-bond donors (Lipinski definition) is 1. The minimum absolute atomic E-state index is 0.0235. The van der Waals surface area contributed by atoms with Gasteiger partial charge in [-0.2, -0.15) is 5.10 Å². The Balaban J connectivity index is 2.12. The highest BCUT2D eigenvalue weighted by Gasteiger charge is 2.41. The van der Waals surface area contributed by atoms with Crippen molar-refractivity contribution in [2.24, 2.45) is 0 Å². The number of cyclic esters (lactones) is 1. The summed E-state index contributed by atoms with van der Waals surface area (Å²) < 4.78 is 10.2. The second-order valence-electron chi connectivity index (χ2n) is 5.67. The predicted molar refractivity (Wildman–Crippen MR) is 92.2 cm³/mol. The highest BCUT2D eigenvalue weighted by Crippen LogP contribution is 2.37. The van der Waals surface area contributed by atoms with Crippen LogP contribution < -0.4 is 4.90 Å². The molecule has 3 rings (SSSR count).